The lowest BCUT2D eigenvalue weighted by Gasteiger charge is -2.15. The average molecular weight is 296 g/mol. The molecular formula is C11H13FN6O3. The van der Waals surface area contributed by atoms with Crippen LogP contribution in [0.5, 0.6) is 0 Å². The number of imidazole rings is 1. The summed E-state index contributed by atoms with van der Waals surface area (Å²) in [6, 6.07) is 0. The summed E-state index contributed by atoms with van der Waals surface area (Å²) in [6.07, 6.45) is -1.89. The van der Waals surface area contributed by atoms with Crippen molar-refractivity contribution in [1.82, 2.24) is 19.5 Å². The first-order valence-electron chi connectivity index (χ1n) is 6.07. The van der Waals surface area contributed by atoms with Gasteiger partial charge in [-0.3, -0.25) is 4.57 Å². The van der Waals surface area contributed by atoms with Crippen LogP contribution in [-0.2, 0) is 4.74 Å². The van der Waals surface area contributed by atoms with E-state index in [9.17, 15) is 9.50 Å². The monoisotopic (exact) mass is 296 g/mol. The lowest BCUT2D eigenvalue weighted by Crippen LogP contribution is -2.25. The van der Waals surface area contributed by atoms with E-state index in [0.717, 1.165) is 0 Å². The first-order chi connectivity index (χ1) is 10.1. The highest BCUT2D eigenvalue weighted by Gasteiger charge is 2.41. The maximum Gasteiger partial charge on any atom is 0.205 e. The highest BCUT2D eigenvalue weighted by atomic mass is 19.1. The zero-order valence-electron chi connectivity index (χ0n) is 10.7. The van der Waals surface area contributed by atoms with Gasteiger partial charge in [0.15, 0.2) is 23.2 Å². The van der Waals surface area contributed by atoms with Crippen molar-refractivity contribution < 1.29 is 19.3 Å². The van der Waals surface area contributed by atoms with Crippen molar-refractivity contribution in [2.45, 2.75) is 18.4 Å². The molecule has 0 radical (unpaired) electrons. The number of aliphatic hydroxyl groups excluding tert-OH is 2. The molecule has 1 aliphatic heterocycles. The number of nitrogen functional groups attached to an aromatic ring is 2. The third-order valence-corrected chi connectivity index (χ3v) is 3.36. The van der Waals surface area contributed by atoms with Crippen LogP contribution in [0.4, 0.5) is 16.2 Å². The van der Waals surface area contributed by atoms with E-state index in [4.69, 9.17) is 21.3 Å². The number of nitrogens with zero attached hydrogens (tertiary/aromatic N) is 4. The molecule has 2 aromatic rings. The molecule has 0 spiro atoms. The van der Waals surface area contributed by atoms with Gasteiger partial charge in [0.25, 0.3) is 0 Å². The molecule has 0 aromatic carbocycles. The number of fused-ring (bicyclic) bond motifs is 1. The Bertz CT molecular complexity index is 717. The van der Waals surface area contributed by atoms with Gasteiger partial charge in [-0.1, -0.05) is 0 Å². The summed E-state index contributed by atoms with van der Waals surface area (Å²) in [6.45, 7) is -0.474. The van der Waals surface area contributed by atoms with Gasteiger partial charge in [0.2, 0.25) is 5.95 Å². The van der Waals surface area contributed by atoms with Gasteiger partial charge in [0.1, 0.15) is 18.5 Å². The molecule has 1 aliphatic rings. The van der Waals surface area contributed by atoms with Crippen LogP contribution >= 0.6 is 0 Å². The highest BCUT2D eigenvalue weighted by molar-refractivity contribution is 5.83. The molecule has 3 atom stereocenters. The summed E-state index contributed by atoms with van der Waals surface area (Å²) in [4.78, 5) is 11.8. The summed E-state index contributed by atoms with van der Waals surface area (Å²) in [5, 5.41) is 19.1. The zero-order chi connectivity index (χ0) is 15.1. The molecular weight excluding hydrogens is 283 g/mol. The number of halogens is 1. The second-order valence-electron chi connectivity index (χ2n) is 4.53. The Morgan fingerprint density at radius 3 is 2.86 bits per heavy atom. The number of aliphatic hydroxyl groups is 2. The Labute approximate surface area is 117 Å². The normalized spacial score (nSPS) is 27.8. The molecule has 0 aliphatic carbocycles. The van der Waals surface area contributed by atoms with Crippen molar-refractivity contribution in [3.8, 4) is 0 Å². The second-order valence-corrected chi connectivity index (χ2v) is 4.53. The molecule has 9 nitrogen and oxygen atoms in total. The van der Waals surface area contributed by atoms with Crippen molar-refractivity contribution in [2.75, 3.05) is 18.1 Å². The average Bonchev–Trinajstić information content (AvgIpc) is 2.96. The number of hydrogen-bond donors (Lipinski definition) is 4. The minimum Gasteiger partial charge on any atom is -0.394 e. The Hall–Kier alpha value is -2.30. The topological polar surface area (TPSA) is 145 Å². The molecule has 2 aromatic heterocycles. The Kier molecular flexibility index (Phi) is 3.20. The Morgan fingerprint density at radius 2 is 2.19 bits per heavy atom. The van der Waals surface area contributed by atoms with Gasteiger partial charge in [-0.25, -0.2) is 19.3 Å². The van der Waals surface area contributed by atoms with Crippen LogP contribution in [0.25, 0.3) is 11.2 Å². The van der Waals surface area contributed by atoms with Crippen molar-refractivity contribution in [2.24, 2.45) is 0 Å². The van der Waals surface area contributed by atoms with Crippen molar-refractivity contribution in [3.05, 3.63) is 18.2 Å². The lowest BCUT2D eigenvalue weighted by molar-refractivity contribution is -0.0416. The van der Waals surface area contributed by atoms with Gasteiger partial charge in [-0.15, -0.1) is 0 Å². The molecule has 10 heteroatoms. The van der Waals surface area contributed by atoms with E-state index in [1.165, 1.54) is 10.9 Å². The van der Waals surface area contributed by atoms with E-state index in [-0.39, 0.29) is 34.8 Å². The number of rotatable bonds is 2. The first kappa shape index (κ1) is 13.7. The SMILES string of the molecule is Nc1ncnc2c1nc(N)n2[C@@H]1O[C@H](CO)[C@@H](O)C1=CF. The van der Waals surface area contributed by atoms with Gasteiger partial charge in [-0.05, 0) is 0 Å². The number of hydrogen-bond acceptors (Lipinski definition) is 8. The van der Waals surface area contributed by atoms with Crippen LogP contribution in [0.3, 0.4) is 0 Å². The van der Waals surface area contributed by atoms with Crippen LogP contribution in [0.15, 0.2) is 18.2 Å². The standard InChI is InChI=1S/C11H13FN6O3/c12-1-4-7(20)5(2-19)21-10(4)18-9-6(17-11(18)14)8(13)15-3-16-9/h1,3,5,7,10,19-20H,2H2,(H2,14,17)(H2,13,15,16)/t5-,7+,10-/m1/s1. The molecule has 112 valence electrons. The molecule has 6 N–H and O–H groups in total. The minimum absolute atomic E-state index is 0.0210. The largest absolute Gasteiger partial charge is 0.394 e. The minimum atomic E-state index is -1.29. The van der Waals surface area contributed by atoms with Crippen LogP contribution < -0.4 is 11.5 Å². The molecule has 1 saturated heterocycles. The predicted octanol–water partition coefficient (Wildman–Crippen LogP) is -0.905. The third-order valence-electron chi connectivity index (χ3n) is 3.36. The van der Waals surface area contributed by atoms with E-state index in [1.54, 1.807) is 0 Å². The van der Waals surface area contributed by atoms with Crippen molar-refractivity contribution in [3.63, 3.8) is 0 Å². The number of ether oxygens (including phenoxy) is 1. The van der Waals surface area contributed by atoms with Gasteiger partial charge in [0.05, 0.1) is 12.9 Å². The quantitative estimate of drug-likeness (QED) is 0.557. The molecule has 0 amide bonds. The zero-order valence-corrected chi connectivity index (χ0v) is 10.7. The number of aromatic nitrogens is 4. The van der Waals surface area contributed by atoms with Gasteiger partial charge in [0, 0.05) is 5.57 Å². The molecule has 0 saturated carbocycles. The third kappa shape index (κ3) is 1.92. The molecule has 0 bridgehead atoms. The molecule has 3 heterocycles. The summed E-state index contributed by atoms with van der Waals surface area (Å²) in [7, 11) is 0. The van der Waals surface area contributed by atoms with Crippen LogP contribution in [0.1, 0.15) is 6.23 Å². The second kappa shape index (κ2) is 4.91. The lowest BCUT2D eigenvalue weighted by atomic mass is 10.1. The fourth-order valence-corrected chi connectivity index (χ4v) is 2.32. The Balaban J connectivity index is 2.17. The van der Waals surface area contributed by atoms with E-state index in [0.29, 0.717) is 0 Å². The summed E-state index contributed by atoms with van der Waals surface area (Å²) >= 11 is 0. The van der Waals surface area contributed by atoms with E-state index in [2.05, 4.69) is 15.0 Å². The fraction of sp³-hybridized carbons (Fsp3) is 0.364. The van der Waals surface area contributed by atoms with Gasteiger partial charge >= 0.3 is 0 Å². The maximum absolute atomic E-state index is 13.1. The van der Waals surface area contributed by atoms with E-state index >= 15 is 0 Å². The molecule has 0 unspecified atom stereocenters. The highest BCUT2D eigenvalue weighted by Crippen LogP contribution is 2.37. The van der Waals surface area contributed by atoms with Crippen LogP contribution in [0, 0.1) is 0 Å². The summed E-state index contributed by atoms with van der Waals surface area (Å²) in [5.74, 6) is 0.0980. The van der Waals surface area contributed by atoms with E-state index < -0.39 is 25.0 Å². The van der Waals surface area contributed by atoms with Gasteiger partial charge < -0.3 is 26.4 Å². The summed E-state index contributed by atoms with van der Waals surface area (Å²) in [5.41, 5.74) is 11.9. The summed E-state index contributed by atoms with van der Waals surface area (Å²) < 4.78 is 19.8. The van der Waals surface area contributed by atoms with Crippen molar-refractivity contribution >= 4 is 22.9 Å². The number of anilines is 2. The van der Waals surface area contributed by atoms with E-state index in [1.807, 2.05) is 0 Å². The molecule has 1 fully saturated rings. The molecule has 21 heavy (non-hydrogen) atoms. The first-order valence-corrected chi connectivity index (χ1v) is 6.07. The van der Waals surface area contributed by atoms with Crippen LogP contribution in [-0.4, -0.2) is 48.5 Å². The van der Waals surface area contributed by atoms with Crippen LogP contribution in [0.2, 0.25) is 0 Å². The Morgan fingerprint density at radius 1 is 1.43 bits per heavy atom. The smallest absolute Gasteiger partial charge is 0.205 e. The molecule has 3 rings (SSSR count). The fourth-order valence-electron chi connectivity index (χ4n) is 2.32. The predicted molar refractivity (Wildman–Crippen MR) is 70.3 cm³/mol. The van der Waals surface area contributed by atoms with Gasteiger partial charge in [-0.2, -0.15) is 0 Å². The number of nitrogens with two attached hydrogens (primary N) is 2. The van der Waals surface area contributed by atoms with Crippen molar-refractivity contribution in [1.29, 1.82) is 0 Å². The maximum atomic E-state index is 13.1.